The molecule has 8 nitrogen and oxygen atoms in total. The number of aryl methyl sites for hydroxylation is 1. The van der Waals surface area contributed by atoms with Gasteiger partial charge in [-0.15, -0.1) is 0 Å². The van der Waals surface area contributed by atoms with E-state index in [1.54, 1.807) is 38.1 Å². The second kappa shape index (κ2) is 7.58. The largest absolute Gasteiger partial charge is 0.324 e. The van der Waals surface area contributed by atoms with E-state index in [0.717, 1.165) is 14.0 Å². The van der Waals surface area contributed by atoms with Gasteiger partial charge in [0.05, 0.1) is 15.5 Å². The van der Waals surface area contributed by atoms with Crippen molar-refractivity contribution in [2.45, 2.75) is 23.6 Å². The molecule has 168 valence electrons. The fraction of sp³-hybridized carbons (Fsp3) is 0.227. The molecule has 0 radical (unpaired) electrons. The monoisotopic (exact) mass is 473 g/mol. The van der Waals surface area contributed by atoms with Crippen molar-refractivity contribution < 1.29 is 21.6 Å². The minimum Gasteiger partial charge on any atom is -0.324 e. The number of carbonyl (C=O) groups excluding carboxylic acids is 1. The molecule has 0 atom stereocenters. The van der Waals surface area contributed by atoms with E-state index in [2.05, 4.69) is 5.32 Å². The Hall–Kier alpha value is -2.95. The van der Waals surface area contributed by atoms with Gasteiger partial charge >= 0.3 is 0 Å². The Labute approximate surface area is 187 Å². The number of amides is 1. The maximum Gasteiger partial charge on any atom is 0.265 e. The molecule has 4 rings (SSSR count). The van der Waals surface area contributed by atoms with Crippen molar-refractivity contribution in [1.29, 1.82) is 0 Å². The van der Waals surface area contributed by atoms with Crippen LogP contribution in [0.15, 0.2) is 58.3 Å². The Balaban J connectivity index is 1.67. The van der Waals surface area contributed by atoms with Crippen molar-refractivity contribution in [2.75, 3.05) is 30.3 Å². The quantitative estimate of drug-likeness (QED) is 0.614. The van der Waals surface area contributed by atoms with Crippen molar-refractivity contribution in [3.63, 3.8) is 0 Å². The summed E-state index contributed by atoms with van der Waals surface area (Å²) in [6.45, 7) is 3.08. The molecule has 1 amide bonds. The van der Waals surface area contributed by atoms with Gasteiger partial charge in [0.25, 0.3) is 10.0 Å². The van der Waals surface area contributed by atoms with E-state index in [4.69, 9.17) is 0 Å². The third kappa shape index (κ3) is 3.44. The molecule has 1 heterocycles. The number of anilines is 2. The van der Waals surface area contributed by atoms with Gasteiger partial charge in [0.1, 0.15) is 6.54 Å². The SMILES string of the molecule is Cc1cc(S(=O)(=O)N(C)C)cc(NC(=O)CN2c3cccc4cccc(c34)S2(=O)=O)c1C. The predicted octanol–water partition coefficient (Wildman–Crippen LogP) is 2.85. The average molecular weight is 474 g/mol. The summed E-state index contributed by atoms with van der Waals surface area (Å²) < 4.78 is 53.5. The van der Waals surface area contributed by atoms with E-state index in [0.29, 0.717) is 27.9 Å². The first kappa shape index (κ1) is 22.3. The van der Waals surface area contributed by atoms with E-state index >= 15 is 0 Å². The predicted molar refractivity (Wildman–Crippen MR) is 124 cm³/mol. The standard InChI is InChI=1S/C22H23N3O5S2/c1-14-11-17(31(27,28)24(3)4)12-18(15(14)2)23-21(26)13-25-19-9-5-7-16-8-6-10-20(22(16)19)32(25,29)30/h5-12H,13H2,1-4H3,(H,23,26). The summed E-state index contributed by atoms with van der Waals surface area (Å²) in [6.07, 6.45) is 0. The van der Waals surface area contributed by atoms with Gasteiger partial charge in [0.2, 0.25) is 15.9 Å². The smallest absolute Gasteiger partial charge is 0.265 e. The number of nitrogens with one attached hydrogen (secondary N) is 1. The highest BCUT2D eigenvalue weighted by atomic mass is 32.2. The molecule has 0 saturated heterocycles. The summed E-state index contributed by atoms with van der Waals surface area (Å²) in [5, 5.41) is 4.07. The van der Waals surface area contributed by atoms with Crippen molar-refractivity contribution in [1.82, 2.24) is 4.31 Å². The normalized spacial score (nSPS) is 14.8. The second-order valence-corrected chi connectivity index (χ2v) is 11.9. The second-order valence-electron chi connectivity index (χ2n) is 7.89. The Bertz CT molecular complexity index is 1470. The van der Waals surface area contributed by atoms with Gasteiger partial charge in [-0.2, -0.15) is 0 Å². The maximum atomic E-state index is 13.1. The highest BCUT2D eigenvalue weighted by Gasteiger charge is 2.36. The third-order valence-electron chi connectivity index (χ3n) is 5.66. The fourth-order valence-electron chi connectivity index (χ4n) is 3.76. The Morgan fingerprint density at radius 2 is 1.72 bits per heavy atom. The van der Waals surface area contributed by atoms with Gasteiger partial charge in [-0.1, -0.05) is 24.3 Å². The minimum atomic E-state index is -3.88. The minimum absolute atomic E-state index is 0.0480. The molecule has 10 heteroatoms. The molecule has 32 heavy (non-hydrogen) atoms. The molecule has 3 aromatic rings. The summed E-state index contributed by atoms with van der Waals surface area (Å²) in [5.74, 6) is -0.569. The molecule has 0 aromatic heterocycles. The Kier molecular flexibility index (Phi) is 5.27. The molecular formula is C22H23N3O5S2. The average Bonchev–Trinajstić information content (AvgIpc) is 2.94. The van der Waals surface area contributed by atoms with Gasteiger partial charge in [-0.05, 0) is 54.6 Å². The number of hydrogen-bond donors (Lipinski definition) is 1. The summed E-state index contributed by atoms with van der Waals surface area (Å²) in [5.41, 5.74) is 2.16. The number of sulfonamides is 2. The van der Waals surface area contributed by atoms with Crippen LogP contribution in [0, 0.1) is 13.8 Å². The molecule has 1 N–H and O–H groups in total. The van der Waals surface area contributed by atoms with Gasteiger partial charge in [-0.25, -0.2) is 21.1 Å². The van der Waals surface area contributed by atoms with Crippen LogP contribution in [0.4, 0.5) is 11.4 Å². The van der Waals surface area contributed by atoms with Crippen LogP contribution in [-0.2, 0) is 24.8 Å². The molecule has 0 unspecified atom stereocenters. The first-order valence-electron chi connectivity index (χ1n) is 9.82. The van der Waals surface area contributed by atoms with Gasteiger partial charge in [0.15, 0.2) is 0 Å². The number of rotatable bonds is 5. The molecule has 3 aromatic carbocycles. The van der Waals surface area contributed by atoms with Crippen LogP contribution in [0.3, 0.4) is 0 Å². The van der Waals surface area contributed by atoms with Crippen LogP contribution in [0.25, 0.3) is 10.8 Å². The molecule has 0 spiro atoms. The summed E-state index contributed by atoms with van der Waals surface area (Å²) in [7, 11) is -4.72. The number of carbonyl (C=O) groups is 1. The van der Waals surface area contributed by atoms with Gasteiger partial charge in [0, 0.05) is 25.2 Å². The summed E-state index contributed by atoms with van der Waals surface area (Å²) in [6, 6.07) is 13.2. The van der Waals surface area contributed by atoms with E-state index in [-0.39, 0.29) is 9.79 Å². The van der Waals surface area contributed by atoms with Crippen LogP contribution in [0.1, 0.15) is 11.1 Å². The van der Waals surface area contributed by atoms with Gasteiger partial charge < -0.3 is 5.32 Å². The maximum absolute atomic E-state index is 13.1. The molecule has 1 aliphatic heterocycles. The first-order valence-corrected chi connectivity index (χ1v) is 12.7. The lowest BCUT2D eigenvalue weighted by atomic mass is 10.1. The number of nitrogens with zero attached hydrogens (tertiary/aromatic N) is 2. The summed E-state index contributed by atoms with van der Waals surface area (Å²) in [4.78, 5) is 13.1. The molecular weight excluding hydrogens is 450 g/mol. The highest BCUT2D eigenvalue weighted by Crippen LogP contribution is 2.41. The highest BCUT2D eigenvalue weighted by molar-refractivity contribution is 7.93. The third-order valence-corrected chi connectivity index (χ3v) is 9.26. The zero-order valence-electron chi connectivity index (χ0n) is 18.1. The Morgan fingerprint density at radius 1 is 1.06 bits per heavy atom. The van der Waals surface area contributed by atoms with Crippen molar-refractivity contribution in [3.05, 3.63) is 59.7 Å². The van der Waals surface area contributed by atoms with Crippen molar-refractivity contribution in [2.24, 2.45) is 0 Å². The first-order chi connectivity index (χ1) is 14.9. The lowest BCUT2D eigenvalue weighted by Gasteiger charge is -2.20. The van der Waals surface area contributed by atoms with Crippen molar-refractivity contribution >= 4 is 48.1 Å². The lowest BCUT2D eigenvalue weighted by Crippen LogP contribution is -2.35. The number of benzene rings is 3. The molecule has 0 aliphatic carbocycles. The van der Waals surface area contributed by atoms with Gasteiger partial charge in [-0.3, -0.25) is 9.10 Å². The summed E-state index contributed by atoms with van der Waals surface area (Å²) >= 11 is 0. The zero-order valence-corrected chi connectivity index (χ0v) is 19.7. The van der Waals surface area contributed by atoms with Crippen LogP contribution in [0.2, 0.25) is 0 Å². The Morgan fingerprint density at radius 3 is 2.38 bits per heavy atom. The topological polar surface area (TPSA) is 104 Å². The lowest BCUT2D eigenvalue weighted by molar-refractivity contribution is -0.114. The van der Waals surface area contributed by atoms with E-state index in [1.807, 2.05) is 12.1 Å². The van der Waals surface area contributed by atoms with E-state index in [1.165, 1.54) is 26.2 Å². The van der Waals surface area contributed by atoms with Crippen LogP contribution in [-0.4, -0.2) is 47.7 Å². The van der Waals surface area contributed by atoms with Crippen LogP contribution >= 0.6 is 0 Å². The van der Waals surface area contributed by atoms with E-state index < -0.39 is 32.5 Å². The zero-order chi connectivity index (χ0) is 23.4. The molecule has 0 saturated carbocycles. The van der Waals surface area contributed by atoms with E-state index in [9.17, 15) is 21.6 Å². The molecule has 0 fully saturated rings. The van der Waals surface area contributed by atoms with Crippen molar-refractivity contribution in [3.8, 4) is 0 Å². The molecule has 1 aliphatic rings. The van der Waals surface area contributed by atoms with Crippen LogP contribution in [0.5, 0.6) is 0 Å². The molecule has 0 bridgehead atoms. The van der Waals surface area contributed by atoms with Crippen LogP contribution < -0.4 is 9.62 Å². The fourth-order valence-corrected chi connectivity index (χ4v) is 6.45. The number of hydrogen-bond acceptors (Lipinski definition) is 5.